The first-order valence-corrected chi connectivity index (χ1v) is 8.03. The van der Waals surface area contributed by atoms with Crippen molar-refractivity contribution in [1.29, 1.82) is 0 Å². The van der Waals surface area contributed by atoms with Crippen molar-refractivity contribution >= 4 is 35.6 Å². The predicted octanol–water partition coefficient (Wildman–Crippen LogP) is 3.52. The van der Waals surface area contributed by atoms with E-state index in [1.54, 1.807) is 7.11 Å². The Morgan fingerprint density at radius 1 is 1.21 bits per heavy atom. The van der Waals surface area contributed by atoms with Gasteiger partial charge in [0.05, 0.1) is 12.6 Å². The second-order valence-corrected chi connectivity index (χ2v) is 6.31. The lowest BCUT2D eigenvalue weighted by Crippen LogP contribution is -2.24. The number of para-hydroxylation sites is 1. The quantitative estimate of drug-likeness (QED) is 0.439. The summed E-state index contributed by atoms with van der Waals surface area (Å²) in [5.74, 6) is 1.67. The Hall–Kier alpha value is -1.60. The van der Waals surface area contributed by atoms with Gasteiger partial charge in [-0.3, -0.25) is 0 Å². The van der Waals surface area contributed by atoms with Gasteiger partial charge in [-0.15, -0.1) is 24.0 Å². The molecule has 5 heteroatoms. The third-order valence-corrected chi connectivity index (χ3v) is 4.86. The number of nitrogens with zero attached hydrogens (tertiary/aromatic N) is 1. The molecule has 3 unspecified atom stereocenters. The maximum atomic E-state index is 6.13. The molecule has 3 N–H and O–H groups in total. The van der Waals surface area contributed by atoms with Crippen molar-refractivity contribution in [3.63, 3.8) is 0 Å². The molecule has 0 aromatic heterocycles. The summed E-state index contributed by atoms with van der Waals surface area (Å²) in [6, 6.07) is 17.0. The summed E-state index contributed by atoms with van der Waals surface area (Å²) in [7, 11) is 1.69. The minimum atomic E-state index is 0. The Bertz CT molecular complexity index is 762. The van der Waals surface area contributed by atoms with Crippen LogP contribution in [-0.4, -0.2) is 19.1 Å². The van der Waals surface area contributed by atoms with Crippen LogP contribution in [0.2, 0.25) is 0 Å². The van der Waals surface area contributed by atoms with Crippen LogP contribution in [0.3, 0.4) is 0 Å². The van der Waals surface area contributed by atoms with Gasteiger partial charge in [-0.25, -0.2) is 4.99 Å². The number of rotatable bonds is 4. The zero-order chi connectivity index (χ0) is 15.8. The molecule has 24 heavy (non-hydrogen) atoms. The lowest BCUT2D eigenvalue weighted by atomic mass is 10.1. The van der Waals surface area contributed by atoms with Crippen LogP contribution in [0.25, 0.3) is 0 Å². The maximum absolute atomic E-state index is 6.13. The van der Waals surface area contributed by atoms with E-state index in [0.29, 0.717) is 30.4 Å². The first-order chi connectivity index (χ1) is 11.3. The van der Waals surface area contributed by atoms with Gasteiger partial charge >= 0.3 is 0 Å². The molecule has 126 valence electrons. The van der Waals surface area contributed by atoms with Crippen LogP contribution in [0, 0.1) is 5.92 Å². The number of hydrogen-bond donors (Lipinski definition) is 2. The van der Waals surface area contributed by atoms with Crippen molar-refractivity contribution in [1.82, 2.24) is 0 Å². The summed E-state index contributed by atoms with van der Waals surface area (Å²) in [6.07, 6.45) is 1.13. The second kappa shape index (κ2) is 7.11. The van der Waals surface area contributed by atoms with E-state index in [1.807, 2.05) is 24.3 Å². The van der Waals surface area contributed by atoms with E-state index in [-0.39, 0.29) is 24.0 Å². The molecule has 2 aromatic rings. The summed E-state index contributed by atoms with van der Waals surface area (Å²) < 4.78 is 5.22. The molecule has 1 fully saturated rings. The number of nitrogens with one attached hydrogen (secondary N) is 1. The molecule has 0 amide bonds. The molecule has 0 aliphatic heterocycles. The van der Waals surface area contributed by atoms with Crippen molar-refractivity contribution in [2.24, 2.45) is 16.6 Å². The fraction of sp³-hybridized carbons (Fsp3) is 0.316. The van der Waals surface area contributed by atoms with Gasteiger partial charge in [-0.05, 0) is 29.5 Å². The molecule has 4 nitrogen and oxygen atoms in total. The van der Waals surface area contributed by atoms with Gasteiger partial charge in [0.1, 0.15) is 0 Å². The molecule has 0 radical (unpaired) electrons. The second-order valence-electron chi connectivity index (χ2n) is 6.31. The van der Waals surface area contributed by atoms with Gasteiger partial charge in [0.25, 0.3) is 0 Å². The fourth-order valence-electron chi connectivity index (χ4n) is 3.75. The normalized spacial score (nSPS) is 23.9. The molecule has 2 aliphatic carbocycles. The number of fused-ring (bicyclic) bond motifs is 3. The van der Waals surface area contributed by atoms with Crippen LogP contribution in [0.5, 0.6) is 0 Å². The van der Waals surface area contributed by atoms with E-state index in [9.17, 15) is 0 Å². The molecule has 0 saturated heterocycles. The third-order valence-electron chi connectivity index (χ3n) is 4.86. The zero-order valence-corrected chi connectivity index (χ0v) is 15.9. The van der Waals surface area contributed by atoms with Gasteiger partial charge in [0, 0.05) is 24.3 Å². The molecule has 1 saturated carbocycles. The van der Waals surface area contributed by atoms with Crippen LogP contribution in [-0.2, 0) is 17.8 Å². The minimum absolute atomic E-state index is 0. The van der Waals surface area contributed by atoms with Crippen LogP contribution in [0.15, 0.2) is 53.5 Å². The molecule has 3 atom stereocenters. The number of guanidine groups is 1. The standard InChI is InChI=1S/C19H21N3O.HI/c1-23-11-13-7-3-5-9-16(13)21-19(20)22-18-15-10-12-6-2-4-8-14(12)17(15)18;/h2-9,15,17-18H,10-11H2,1H3,(H3,20,21,22);1H. The van der Waals surface area contributed by atoms with Crippen molar-refractivity contribution in [2.75, 3.05) is 12.4 Å². The number of anilines is 1. The number of ether oxygens (including phenoxy) is 1. The first-order valence-electron chi connectivity index (χ1n) is 8.03. The predicted molar refractivity (Wildman–Crippen MR) is 108 cm³/mol. The Morgan fingerprint density at radius 2 is 1.96 bits per heavy atom. The van der Waals surface area contributed by atoms with Crippen LogP contribution < -0.4 is 11.1 Å². The molecule has 4 rings (SSSR count). The van der Waals surface area contributed by atoms with Crippen molar-refractivity contribution < 1.29 is 4.74 Å². The smallest absolute Gasteiger partial charge is 0.193 e. The largest absolute Gasteiger partial charge is 0.380 e. The van der Waals surface area contributed by atoms with E-state index >= 15 is 0 Å². The highest BCUT2D eigenvalue weighted by atomic mass is 127. The van der Waals surface area contributed by atoms with Gasteiger partial charge in [-0.2, -0.15) is 0 Å². The van der Waals surface area contributed by atoms with E-state index in [1.165, 1.54) is 11.1 Å². The van der Waals surface area contributed by atoms with Gasteiger partial charge in [0.15, 0.2) is 5.96 Å². The molecule has 0 bridgehead atoms. The van der Waals surface area contributed by atoms with E-state index in [2.05, 4.69) is 29.6 Å². The summed E-state index contributed by atoms with van der Waals surface area (Å²) in [4.78, 5) is 4.71. The molecule has 2 aliphatic rings. The summed E-state index contributed by atoms with van der Waals surface area (Å²) in [5.41, 5.74) is 11.1. The Labute approximate surface area is 159 Å². The summed E-state index contributed by atoms with van der Waals surface area (Å²) in [5, 5.41) is 3.23. The first kappa shape index (κ1) is 17.2. The highest BCUT2D eigenvalue weighted by molar-refractivity contribution is 14.0. The topological polar surface area (TPSA) is 59.6 Å². The van der Waals surface area contributed by atoms with E-state index in [0.717, 1.165) is 17.7 Å². The Morgan fingerprint density at radius 3 is 2.79 bits per heavy atom. The molecular formula is C19H22IN3O. The SMILES string of the molecule is COCc1ccccc1NC(N)=NC1C2Cc3ccccc3C21.I. The zero-order valence-electron chi connectivity index (χ0n) is 13.6. The highest BCUT2D eigenvalue weighted by Gasteiger charge is 2.55. The fourth-order valence-corrected chi connectivity index (χ4v) is 3.75. The third kappa shape index (κ3) is 3.15. The van der Waals surface area contributed by atoms with Crippen molar-refractivity contribution in [3.8, 4) is 0 Å². The summed E-state index contributed by atoms with van der Waals surface area (Å²) >= 11 is 0. The van der Waals surface area contributed by atoms with Crippen molar-refractivity contribution in [2.45, 2.75) is 25.0 Å². The van der Waals surface area contributed by atoms with Gasteiger partial charge < -0.3 is 15.8 Å². The average molecular weight is 435 g/mol. The number of benzene rings is 2. The van der Waals surface area contributed by atoms with Gasteiger partial charge in [0.2, 0.25) is 0 Å². The van der Waals surface area contributed by atoms with Crippen LogP contribution in [0.1, 0.15) is 22.6 Å². The minimum Gasteiger partial charge on any atom is -0.380 e. The lowest BCUT2D eigenvalue weighted by molar-refractivity contribution is 0.185. The summed E-state index contributed by atoms with van der Waals surface area (Å²) in [6.45, 7) is 0.554. The Balaban J connectivity index is 0.00000169. The van der Waals surface area contributed by atoms with Crippen LogP contribution >= 0.6 is 24.0 Å². The molecular weight excluding hydrogens is 413 g/mol. The van der Waals surface area contributed by atoms with Crippen molar-refractivity contribution in [3.05, 3.63) is 65.2 Å². The number of methoxy groups -OCH3 is 1. The number of aliphatic imine (C=N–C) groups is 1. The van der Waals surface area contributed by atoms with Gasteiger partial charge in [-0.1, -0.05) is 42.5 Å². The number of nitrogens with two attached hydrogens (primary N) is 1. The maximum Gasteiger partial charge on any atom is 0.193 e. The average Bonchev–Trinajstić information content (AvgIpc) is 3.06. The number of hydrogen-bond acceptors (Lipinski definition) is 2. The lowest BCUT2D eigenvalue weighted by Gasteiger charge is -2.11. The highest BCUT2D eigenvalue weighted by Crippen LogP contribution is 2.58. The number of halogens is 1. The molecule has 0 spiro atoms. The van der Waals surface area contributed by atoms with Crippen LogP contribution in [0.4, 0.5) is 5.69 Å². The van der Waals surface area contributed by atoms with E-state index in [4.69, 9.17) is 15.5 Å². The monoisotopic (exact) mass is 435 g/mol. The van der Waals surface area contributed by atoms with E-state index < -0.39 is 0 Å². The molecule has 0 heterocycles. The molecule has 2 aromatic carbocycles. The Kier molecular flexibility index (Phi) is 5.10.